The van der Waals surface area contributed by atoms with Crippen LogP contribution in [0.3, 0.4) is 0 Å². The summed E-state index contributed by atoms with van der Waals surface area (Å²) in [7, 11) is 1.89. The number of benzene rings is 1. The fourth-order valence-electron chi connectivity index (χ4n) is 1.95. The van der Waals surface area contributed by atoms with Crippen molar-refractivity contribution in [3.63, 3.8) is 0 Å². The van der Waals surface area contributed by atoms with Gasteiger partial charge in [-0.25, -0.2) is 9.97 Å². The lowest BCUT2D eigenvalue weighted by atomic mass is 10.2. The average Bonchev–Trinajstić information content (AvgIpc) is 2.78. The Morgan fingerprint density at radius 1 is 1.11 bits per heavy atom. The quantitative estimate of drug-likeness (QED) is 0.758. The molecule has 0 aliphatic carbocycles. The summed E-state index contributed by atoms with van der Waals surface area (Å²) in [4.78, 5) is 11.5. The van der Waals surface area contributed by atoms with Gasteiger partial charge >= 0.3 is 0 Å². The number of fused-ring (bicyclic) bond motifs is 1. The largest absolute Gasteiger partial charge is 0.372 e. The number of anilines is 1. The molecular weight excluding hydrogens is 242 g/mol. The van der Waals surface area contributed by atoms with Crippen LogP contribution in [0.25, 0.3) is 21.6 Å². The summed E-state index contributed by atoms with van der Waals surface area (Å²) in [5.41, 5.74) is 1.04. The molecule has 0 unspecified atom stereocenters. The van der Waals surface area contributed by atoms with Crippen LogP contribution < -0.4 is 5.32 Å². The maximum Gasteiger partial charge on any atom is 0.163 e. The van der Waals surface area contributed by atoms with Crippen molar-refractivity contribution in [1.29, 1.82) is 0 Å². The van der Waals surface area contributed by atoms with Crippen molar-refractivity contribution in [3.05, 3.63) is 41.3 Å². The molecule has 0 saturated heterocycles. The van der Waals surface area contributed by atoms with Crippen molar-refractivity contribution >= 4 is 27.4 Å². The van der Waals surface area contributed by atoms with Gasteiger partial charge in [-0.3, -0.25) is 0 Å². The first kappa shape index (κ1) is 11.2. The number of thiophene rings is 1. The molecule has 0 spiro atoms. The third-order valence-corrected chi connectivity index (χ3v) is 3.73. The molecule has 2 heterocycles. The van der Waals surface area contributed by atoms with Gasteiger partial charge in [0.2, 0.25) is 0 Å². The lowest BCUT2D eigenvalue weighted by Crippen LogP contribution is -1.96. The zero-order valence-electron chi connectivity index (χ0n) is 10.3. The van der Waals surface area contributed by atoms with E-state index < -0.39 is 0 Å². The summed E-state index contributed by atoms with van der Waals surface area (Å²) in [5.74, 6) is 1.66. The van der Waals surface area contributed by atoms with Crippen molar-refractivity contribution in [3.8, 4) is 11.4 Å². The maximum atomic E-state index is 4.64. The molecule has 1 aromatic carbocycles. The number of aromatic nitrogens is 2. The lowest BCUT2D eigenvalue weighted by Gasteiger charge is -2.05. The van der Waals surface area contributed by atoms with E-state index in [0.29, 0.717) is 0 Å². The molecule has 2 aromatic heterocycles. The first-order valence-electron chi connectivity index (χ1n) is 5.79. The first-order valence-corrected chi connectivity index (χ1v) is 6.61. The van der Waals surface area contributed by atoms with Gasteiger partial charge in [-0.15, -0.1) is 11.3 Å². The normalized spacial score (nSPS) is 10.8. The van der Waals surface area contributed by atoms with Crippen molar-refractivity contribution in [1.82, 2.24) is 9.97 Å². The van der Waals surface area contributed by atoms with Crippen molar-refractivity contribution in [2.24, 2.45) is 0 Å². The molecule has 90 valence electrons. The van der Waals surface area contributed by atoms with Crippen LogP contribution in [0.2, 0.25) is 0 Å². The SMILES string of the molecule is CNc1nc(-c2ccccc2)nc2sc(C)cc12. The van der Waals surface area contributed by atoms with Gasteiger partial charge in [-0.1, -0.05) is 30.3 Å². The highest BCUT2D eigenvalue weighted by atomic mass is 32.1. The van der Waals surface area contributed by atoms with E-state index in [2.05, 4.69) is 28.3 Å². The zero-order chi connectivity index (χ0) is 12.5. The number of hydrogen-bond donors (Lipinski definition) is 1. The van der Waals surface area contributed by atoms with Gasteiger partial charge in [-0.2, -0.15) is 0 Å². The number of hydrogen-bond acceptors (Lipinski definition) is 4. The molecule has 0 bridgehead atoms. The highest BCUT2D eigenvalue weighted by Crippen LogP contribution is 2.30. The Morgan fingerprint density at radius 2 is 1.89 bits per heavy atom. The standard InChI is InChI=1S/C14H13N3S/c1-9-8-11-13(15-2)16-12(17-14(11)18-9)10-6-4-3-5-7-10/h3-8H,1-2H3,(H,15,16,17). The topological polar surface area (TPSA) is 37.8 Å². The minimum absolute atomic E-state index is 0.773. The highest BCUT2D eigenvalue weighted by molar-refractivity contribution is 7.18. The minimum atomic E-state index is 0.773. The Hall–Kier alpha value is -1.94. The highest BCUT2D eigenvalue weighted by Gasteiger charge is 2.10. The van der Waals surface area contributed by atoms with Gasteiger partial charge < -0.3 is 5.32 Å². The summed E-state index contributed by atoms with van der Waals surface area (Å²) in [5, 5.41) is 4.25. The third kappa shape index (κ3) is 1.84. The molecule has 18 heavy (non-hydrogen) atoms. The van der Waals surface area contributed by atoms with Crippen LogP contribution in [0.5, 0.6) is 0 Å². The second kappa shape index (κ2) is 4.38. The van der Waals surface area contributed by atoms with Gasteiger partial charge in [0.15, 0.2) is 5.82 Å². The average molecular weight is 255 g/mol. The van der Waals surface area contributed by atoms with Crippen molar-refractivity contribution < 1.29 is 0 Å². The van der Waals surface area contributed by atoms with E-state index in [4.69, 9.17) is 0 Å². The van der Waals surface area contributed by atoms with Crippen molar-refractivity contribution in [2.75, 3.05) is 12.4 Å². The summed E-state index contributed by atoms with van der Waals surface area (Å²) in [6.07, 6.45) is 0. The van der Waals surface area contributed by atoms with E-state index in [0.717, 1.165) is 27.4 Å². The molecule has 0 atom stereocenters. The predicted molar refractivity (Wildman–Crippen MR) is 77.1 cm³/mol. The van der Waals surface area contributed by atoms with Crippen molar-refractivity contribution in [2.45, 2.75) is 6.92 Å². The third-order valence-electron chi connectivity index (χ3n) is 2.78. The first-order chi connectivity index (χ1) is 8.78. The Bertz CT molecular complexity index is 689. The van der Waals surface area contributed by atoms with E-state index in [1.54, 1.807) is 11.3 Å². The Kier molecular flexibility index (Phi) is 2.72. The summed E-state index contributed by atoms with van der Waals surface area (Å²) in [6.45, 7) is 2.09. The number of nitrogens with one attached hydrogen (secondary N) is 1. The second-order valence-electron chi connectivity index (χ2n) is 4.09. The molecule has 4 heteroatoms. The molecule has 3 nitrogen and oxygen atoms in total. The summed E-state index contributed by atoms with van der Waals surface area (Å²) >= 11 is 1.70. The number of nitrogens with zero attached hydrogens (tertiary/aromatic N) is 2. The van der Waals surface area contributed by atoms with E-state index in [1.165, 1.54) is 4.88 Å². The molecule has 0 aliphatic rings. The zero-order valence-corrected chi connectivity index (χ0v) is 11.1. The molecule has 0 amide bonds. The molecule has 3 aromatic rings. The summed E-state index contributed by atoms with van der Waals surface area (Å²) < 4.78 is 0. The Labute approximate surface area is 110 Å². The molecule has 0 radical (unpaired) electrons. The number of aryl methyl sites for hydroxylation is 1. The van der Waals surface area contributed by atoms with Crippen LogP contribution >= 0.6 is 11.3 Å². The van der Waals surface area contributed by atoms with Gasteiger partial charge in [0.05, 0.1) is 5.39 Å². The number of rotatable bonds is 2. The van der Waals surface area contributed by atoms with Crippen LogP contribution in [0.4, 0.5) is 5.82 Å². The fraction of sp³-hybridized carbons (Fsp3) is 0.143. The monoisotopic (exact) mass is 255 g/mol. The smallest absolute Gasteiger partial charge is 0.163 e. The van der Waals surface area contributed by atoms with Gasteiger partial charge in [-0.05, 0) is 13.0 Å². The Morgan fingerprint density at radius 3 is 2.61 bits per heavy atom. The molecule has 1 N–H and O–H groups in total. The predicted octanol–water partition coefficient (Wildman–Crippen LogP) is 3.71. The van der Waals surface area contributed by atoms with Crippen LogP contribution in [0.1, 0.15) is 4.88 Å². The van der Waals surface area contributed by atoms with Crippen LogP contribution in [-0.2, 0) is 0 Å². The lowest BCUT2D eigenvalue weighted by molar-refractivity contribution is 1.22. The Balaban J connectivity index is 2.25. The van der Waals surface area contributed by atoms with E-state index >= 15 is 0 Å². The van der Waals surface area contributed by atoms with E-state index in [9.17, 15) is 0 Å². The van der Waals surface area contributed by atoms with E-state index in [1.807, 2.05) is 37.4 Å². The second-order valence-corrected chi connectivity index (χ2v) is 5.32. The van der Waals surface area contributed by atoms with Gasteiger partial charge in [0.1, 0.15) is 10.6 Å². The molecule has 0 fully saturated rings. The maximum absolute atomic E-state index is 4.64. The fourth-order valence-corrected chi connectivity index (χ4v) is 2.83. The summed E-state index contributed by atoms with van der Waals surface area (Å²) in [6, 6.07) is 12.2. The minimum Gasteiger partial charge on any atom is -0.372 e. The van der Waals surface area contributed by atoms with Gasteiger partial charge in [0.25, 0.3) is 0 Å². The van der Waals surface area contributed by atoms with Crippen LogP contribution in [-0.4, -0.2) is 17.0 Å². The molecule has 0 aliphatic heterocycles. The molecule has 0 saturated carbocycles. The molecular formula is C14H13N3S. The van der Waals surface area contributed by atoms with Crippen LogP contribution in [0, 0.1) is 6.92 Å². The van der Waals surface area contributed by atoms with E-state index in [-0.39, 0.29) is 0 Å². The molecule has 3 rings (SSSR count). The van der Waals surface area contributed by atoms with Crippen LogP contribution in [0.15, 0.2) is 36.4 Å². The van der Waals surface area contributed by atoms with Gasteiger partial charge in [0, 0.05) is 17.5 Å².